The van der Waals surface area contributed by atoms with Gasteiger partial charge in [0.1, 0.15) is 0 Å². The molecule has 0 amide bonds. The van der Waals surface area contributed by atoms with E-state index in [1.807, 2.05) is 13.8 Å². The summed E-state index contributed by atoms with van der Waals surface area (Å²) in [4.78, 5) is 11.1. The SMILES string of the molecule is CCC(CO)COC(=O)OCC(CC)CO. The van der Waals surface area contributed by atoms with Gasteiger partial charge in [-0.1, -0.05) is 13.8 Å². The van der Waals surface area contributed by atoms with Gasteiger partial charge in [-0.25, -0.2) is 4.79 Å². The third-order valence-electron chi connectivity index (χ3n) is 2.54. The highest BCUT2D eigenvalue weighted by molar-refractivity contribution is 5.59. The maximum absolute atomic E-state index is 11.1. The molecule has 2 atom stereocenters. The minimum Gasteiger partial charge on any atom is -0.434 e. The molecule has 0 aliphatic carbocycles. The minimum absolute atomic E-state index is 0.00198. The fraction of sp³-hybridized carbons (Fsp3) is 0.909. The molecule has 5 heteroatoms. The third-order valence-corrected chi connectivity index (χ3v) is 2.54. The first-order valence-electron chi connectivity index (χ1n) is 5.69. The molecule has 0 aliphatic rings. The molecule has 0 aliphatic heterocycles. The van der Waals surface area contributed by atoms with E-state index in [0.717, 1.165) is 12.8 Å². The quantitative estimate of drug-likeness (QED) is 0.617. The Bertz CT molecular complexity index is 157. The number of hydrogen-bond donors (Lipinski definition) is 2. The van der Waals surface area contributed by atoms with Gasteiger partial charge in [-0.15, -0.1) is 0 Å². The van der Waals surface area contributed by atoms with Crippen LogP contribution in [0.5, 0.6) is 0 Å². The topological polar surface area (TPSA) is 76.0 Å². The number of aliphatic hydroxyl groups is 2. The summed E-state index contributed by atoms with van der Waals surface area (Å²) in [5, 5.41) is 17.7. The van der Waals surface area contributed by atoms with E-state index in [9.17, 15) is 4.79 Å². The Labute approximate surface area is 96.4 Å². The van der Waals surface area contributed by atoms with Gasteiger partial charge in [-0.3, -0.25) is 0 Å². The first kappa shape index (κ1) is 15.2. The van der Waals surface area contributed by atoms with Crippen molar-refractivity contribution < 1.29 is 24.5 Å². The summed E-state index contributed by atoms with van der Waals surface area (Å²) < 4.78 is 9.65. The molecule has 96 valence electrons. The van der Waals surface area contributed by atoms with E-state index in [1.54, 1.807) is 0 Å². The van der Waals surface area contributed by atoms with Crippen LogP contribution in [-0.2, 0) is 9.47 Å². The van der Waals surface area contributed by atoms with Gasteiger partial charge in [0.25, 0.3) is 0 Å². The Balaban J connectivity index is 3.65. The molecule has 0 aromatic carbocycles. The monoisotopic (exact) mass is 234 g/mol. The van der Waals surface area contributed by atoms with Gasteiger partial charge in [0, 0.05) is 25.0 Å². The number of carbonyl (C=O) groups excluding carboxylic acids is 1. The normalized spacial score (nSPS) is 14.2. The van der Waals surface area contributed by atoms with Crippen molar-refractivity contribution in [2.75, 3.05) is 26.4 Å². The van der Waals surface area contributed by atoms with Gasteiger partial charge >= 0.3 is 6.16 Å². The molecule has 16 heavy (non-hydrogen) atoms. The molecule has 0 rings (SSSR count). The van der Waals surface area contributed by atoms with Crippen LogP contribution in [0.4, 0.5) is 4.79 Å². The van der Waals surface area contributed by atoms with Crippen LogP contribution >= 0.6 is 0 Å². The van der Waals surface area contributed by atoms with Crippen molar-refractivity contribution in [2.24, 2.45) is 11.8 Å². The molecule has 0 spiro atoms. The molecule has 5 nitrogen and oxygen atoms in total. The maximum atomic E-state index is 11.1. The van der Waals surface area contributed by atoms with Crippen LogP contribution in [0, 0.1) is 11.8 Å². The number of hydrogen-bond acceptors (Lipinski definition) is 5. The summed E-state index contributed by atoms with van der Waals surface area (Å²) in [5.41, 5.74) is 0. The Hall–Kier alpha value is -0.810. The van der Waals surface area contributed by atoms with Gasteiger partial charge in [-0.05, 0) is 12.8 Å². The fourth-order valence-corrected chi connectivity index (χ4v) is 1.01. The first-order valence-corrected chi connectivity index (χ1v) is 5.69. The lowest BCUT2D eigenvalue weighted by molar-refractivity contribution is 0.0211. The molecule has 0 bridgehead atoms. The van der Waals surface area contributed by atoms with Crippen molar-refractivity contribution in [1.82, 2.24) is 0 Å². The van der Waals surface area contributed by atoms with E-state index in [0.29, 0.717) is 0 Å². The number of carbonyl (C=O) groups is 1. The van der Waals surface area contributed by atoms with Crippen LogP contribution in [0.2, 0.25) is 0 Å². The summed E-state index contributed by atoms with van der Waals surface area (Å²) in [6.07, 6.45) is 0.759. The predicted octanol–water partition coefficient (Wildman–Crippen LogP) is 1.18. The van der Waals surface area contributed by atoms with Crippen molar-refractivity contribution in [1.29, 1.82) is 0 Å². The second kappa shape index (κ2) is 9.42. The minimum atomic E-state index is -0.737. The van der Waals surface area contributed by atoms with Gasteiger partial charge in [-0.2, -0.15) is 0 Å². The zero-order chi connectivity index (χ0) is 12.4. The maximum Gasteiger partial charge on any atom is 0.508 e. The number of aliphatic hydroxyl groups excluding tert-OH is 2. The molecule has 0 saturated heterocycles. The highest BCUT2D eigenvalue weighted by Gasteiger charge is 2.12. The van der Waals surface area contributed by atoms with Crippen molar-refractivity contribution in [3.63, 3.8) is 0 Å². The average Bonchev–Trinajstić information content (AvgIpc) is 2.31. The molecule has 2 unspecified atom stereocenters. The van der Waals surface area contributed by atoms with Gasteiger partial charge < -0.3 is 19.7 Å². The Morgan fingerprint density at radius 2 is 1.38 bits per heavy atom. The molecule has 0 fully saturated rings. The lowest BCUT2D eigenvalue weighted by atomic mass is 10.1. The summed E-state index contributed by atoms with van der Waals surface area (Å²) in [5.74, 6) is -0.0697. The lowest BCUT2D eigenvalue weighted by Crippen LogP contribution is -2.20. The molecule has 0 aromatic heterocycles. The number of ether oxygens (including phenoxy) is 2. The second-order valence-electron chi connectivity index (χ2n) is 3.79. The average molecular weight is 234 g/mol. The van der Waals surface area contributed by atoms with E-state index in [4.69, 9.17) is 19.7 Å². The Kier molecular flexibility index (Phi) is 8.94. The summed E-state index contributed by atoms with van der Waals surface area (Å²) >= 11 is 0. The van der Waals surface area contributed by atoms with Crippen molar-refractivity contribution in [3.8, 4) is 0 Å². The van der Waals surface area contributed by atoms with Gasteiger partial charge in [0.2, 0.25) is 0 Å². The molecular weight excluding hydrogens is 212 g/mol. The van der Waals surface area contributed by atoms with Crippen LogP contribution in [0.25, 0.3) is 0 Å². The second-order valence-corrected chi connectivity index (χ2v) is 3.79. The van der Waals surface area contributed by atoms with Crippen LogP contribution in [0.1, 0.15) is 26.7 Å². The van der Waals surface area contributed by atoms with Crippen LogP contribution < -0.4 is 0 Å². The van der Waals surface area contributed by atoms with Crippen LogP contribution in [0.3, 0.4) is 0 Å². The van der Waals surface area contributed by atoms with E-state index < -0.39 is 6.16 Å². The summed E-state index contributed by atoms with van der Waals surface area (Å²) in [7, 11) is 0. The molecule has 0 aromatic rings. The predicted molar refractivity (Wildman–Crippen MR) is 59.0 cm³/mol. The fourth-order valence-electron chi connectivity index (χ4n) is 1.01. The van der Waals surface area contributed by atoms with Gasteiger partial charge in [0.15, 0.2) is 0 Å². The van der Waals surface area contributed by atoms with E-state index in [1.165, 1.54) is 0 Å². The van der Waals surface area contributed by atoms with Crippen LogP contribution in [-0.4, -0.2) is 42.8 Å². The Morgan fingerprint density at radius 3 is 1.62 bits per heavy atom. The van der Waals surface area contributed by atoms with E-state index >= 15 is 0 Å². The molecule has 0 saturated carbocycles. The Morgan fingerprint density at radius 1 is 1.00 bits per heavy atom. The smallest absolute Gasteiger partial charge is 0.434 e. The zero-order valence-corrected chi connectivity index (χ0v) is 10.0. The first-order chi connectivity index (χ1) is 7.67. The van der Waals surface area contributed by atoms with E-state index in [2.05, 4.69) is 0 Å². The molecule has 0 radical (unpaired) electrons. The highest BCUT2D eigenvalue weighted by Crippen LogP contribution is 2.05. The molecule has 2 N–H and O–H groups in total. The summed E-state index contributed by atoms with van der Waals surface area (Å²) in [6.45, 7) is 4.16. The van der Waals surface area contributed by atoms with Crippen LogP contribution in [0.15, 0.2) is 0 Å². The lowest BCUT2D eigenvalue weighted by Gasteiger charge is -2.14. The third kappa shape index (κ3) is 6.63. The number of rotatable bonds is 8. The van der Waals surface area contributed by atoms with Crippen molar-refractivity contribution in [2.45, 2.75) is 26.7 Å². The standard InChI is InChI=1S/C11H22O5/c1-3-9(5-12)7-15-11(14)16-8-10(4-2)6-13/h9-10,12-13H,3-8H2,1-2H3. The molecular formula is C11H22O5. The van der Waals surface area contributed by atoms with Crippen molar-refractivity contribution >= 4 is 6.16 Å². The highest BCUT2D eigenvalue weighted by atomic mass is 16.7. The van der Waals surface area contributed by atoms with Crippen molar-refractivity contribution in [3.05, 3.63) is 0 Å². The van der Waals surface area contributed by atoms with Gasteiger partial charge in [0.05, 0.1) is 13.2 Å². The summed E-state index contributed by atoms with van der Waals surface area (Å²) in [6, 6.07) is 0. The molecule has 0 heterocycles. The largest absolute Gasteiger partial charge is 0.508 e. The zero-order valence-electron chi connectivity index (χ0n) is 10.0. The van der Waals surface area contributed by atoms with E-state index in [-0.39, 0.29) is 38.3 Å².